The van der Waals surface area contributed by atoms with E-state index in [-0.39, 0.29) is 17.9 Å². The lowest BCUT2D eigenvalue weighted by atomic mass is 10.1. The Kier molecular flexibility index (Phi) is 6.22. The van der Waals surface area contributed by atoms with Crippen LogP contribution >= 0.6 is 0 Å². The molecule has 0 spiro atoms. The molecule has 0 aliphatic carbocycles. The fraction of sp³-hybridized carbons (Fsp3) is 0.167. The van der Waals surface area contributed by atoms with Crippen LogP contribution in [0, 0.1) is 0 Å². The topological polar surface area (TPSA) is 49.4 Å². The van der Waals surface area contributed by atoms with E-state index in [1.54, 1.807) is 24.3 Å². The summed E-state index contributed by atoms with van der Waals surface area (Å²) in [6, 6.07) is 26.1. The third-order valence-electron chi connectivity index (χ3n) is 4.48. The minimum absolute atomic E-state index is 0.0366. The maximum Gasteiger partial charge on any atom is 0.255 e. The summed E-state index contributed by atoms with van der Waals surface area (Å²) in [7, 11) is 0. The number of rotatable bonds is 6. The summed E-state index contributed by atoms with van der Waals surface area (Å²) in [6.07, 6.45) is 0. The van der Waals surface area contributed by atoms with E-state index >= 15 is 0 Å². The van der Waals surface area contributed by atoms with Crippen molar-refractivity contribution in [1.29, 1.82) is 0 Å². The van der Waals surface area contributed by atoms with Crippen LogP contribution in [0.5, 0.6) is 0 Å². The minimum Gasteiger partial charge on any atom is -0.332 e. The maximum atomic E-state index is 13.1. The van der Waals surface area contributed by atoms with Gasteiger partial charge in [-0.1, -0.05) is 54.6 Å². The highest BCUT2D eigenvalue weighted by atomic mass is 16.2. The molecule has 2 amide bonds. The number of nitrogens with zero attached hydrogens (tertiary/aromatic N) is 1. The molecule has 0 aliphatic heterocycles. The second kappa shape index (κ2) is 9.00. The van der Waals surface area contributed by atoms with E-state index in [2.05, 4.69) is 5.32 Å². The third-order valence-corrected chi connectivity index (χ3v) is 4.48. The van der Waals surface area contributed by atoms with Gasteiger partial charge in [0.15, 0.2) is 0 Å². The summed E-state index contributed by atoms with van der Waals surface area (Å²) < 4.78 is 0. The average molecular weight is 372 g/mol. The van der Waals surface area contributed by atoms with Crippen molar-refractivity contribution in [2.24, 2.45) is 0 Å². The number of benzene rings is 3. The Morgan fingerprint density at radius 2 is 1.43 bits per heavy atom. The number of hydrogen-bond acceptors (Lipinski definition) is 2. The van der Waals surface area contributed by atoms with Crippen LogP contribution < -0.4 is 5.32 Å². The van der Waals surface area contributed by atoms with Crippen molar-refractivity contribution >= 4 is 17.5 Å². The molecule has 0 radical (unpaired) electrons. The molecule has 0 saturated heterocycles. The van der Waals surface area contributed by atoms with Gasteiger partial charge in [-0.25, -0.2) is 0 Å². The van der Waals surface area contributed by atoms with Crippen molar-refractivity contribution in [2.45, 2.75) is 26.4 Å². The maximum absolute atomic E-state index is 13.1. The molecule has 3 rings (SSSR count). The zero-order valence-electron chi connectivity index (χ0n) is 16.1. The molecule has 4 nitrogen and oxygen atoms in total. The van der Waals surface area contributed by atoms with Gasteiger partial charge in [-0.3, -0.25) is 9.59 Å². The van der Waals surface area contributed by atoms with Gasteiger partial charge >= 0.3 is 0 Å². The monoisotopic (exact) mass is 372 g/mol. The van der Waals surface area contributed by atoms with Gasteiger partial charge in [0.2, 0.25) is 0 Å². The van der Waals surface area contributed by atoms with Gasteiger partial charge in [-0.15, -0.1) is 0 Å². The highest BCUT2D eigenvalue weighted by molar-refractivity contribution is 6.06. The van der Waals surface area contributed by atoms with E-state index in [9.17, 15) is 9.59 Å². The minimum atomic E-state index is -0.236. The highest BCUT2D eigenvalue weighted by Crippen LogP contribution is 2.16. The van der Waals surface area contributed by atoms with E-state index < -0.39 is 0 Å². The van der Waals surface area contributed by atoms with E-state index in [1.165, 1.54) is 0 Å². The van der Waals surface area contributed by atoms with Crippen molar-refractivity contribution in [3.63, 3.8) is 0 Å². The molecule has 0 aliphatic rings. The van der Waals surface area contributed by atoms with Gasteiger partial charge in [0.1, 0.15) is 0 Å². The number of carbonyl (C=O) groups is 2. The second-order valence-electron chi connectivity index (χ2n) is 6.91. The van der Waals surface area contributed by atoms with Gasteiger partial charge in [0.05, 0.1) is 0 Å². The molecule has 0 atom stereocenters. The molecule has 28 heavy (non-hydrogen) atoms. The average Bonchev–Trinajstić information content (AvgIpc) is 2.73. The molecule has 3 aromatic rings. The molecule has 4 heteroatoms. The Balaban J connectivity index is 1.79. The first-order valence-corrected chi connectivity index (χ1v) is 9.36. The summed E-state index contributed by atoms with van der Waals surface area (Å²) in [5, 5.41) is 2.85. The van der Waals surface area contributed by atoms with Gasteiger partial charge < -0.3 is 10.2 Å². The van der Waals surface area contributed by atoms with Crippen molar-refractivity contribution in [1.82, 2.24) is 4.90 Å². The zero-order valence-corrected chi connectivity index (χ0v) is 16.1. The van der Waals surface area contributed by atoms with Crippen LogP contribution in [0.25, 0.3) is 0 Å². The van der Waals surface area contributed by atoms with Crippen molar-refractivity contribution < 1.29 is 9.59 Å². The Hall–Kier alpha value is -3.40. The van der Waals surface area contributed by atoms with E-state index in [4.69, 9.17) is 0 Å². The quantitative estimate of drug-likeness (QED) is 0.663. The third kappa shape index (κ3) is 4.86. The molecule has 0 aromatic heterocycles. The standard InChI is InChI=1S/C24H24N2O2/c1-18(2)26(17-19-10-5-3-6-11-19)24(28)21-13-9-12-20(16-21)23(27)25-22-14-7-4-8-15-22/h3-16,18H,17H2,1-2H3,(H,25,27). The van der Waals surface area contributed by atoms with Crippen LogP contribution in [0.4, 0.5) is 5.69 Å². The summed E-state index contributed by atoms with van der Waals surface area (Å²) in [6.45, 7) is 4.51. The molecular formula is C24H24N2O2. The number of anilines is 1. The van der Waals surface area contributed by atoms with E-state index in [0.717, 1.165) is 11.3 Å². The zero-order chi connectivity index (χ0) is 19.9. The predicted octanol–water partition coefficient (Wildman–Crippen LogP) is 4.99. The van der Waals surface area contributed by atoms with Crippen LogP contribution in [-0.2, 0) is 6.54 Å². The van der Waals surface area contributed by atoms with Crippen molar-refractivity contribution in [3.05, 3.63) is 102 Å². The van der Waals surface area contributed by atoms with Gasteiger partial charge in [-0.05, 0) is 49.7 Å². The van der Waals surface area contributed by atoms with Crippen LogP contribution in [0.2, 0.25) is 0 Å². The molecule has 0 heterocycles. The Labute approximate surface area is 165 Å². The van der Waals surface area contributed by atoms with Crippen LogP contribution in [-0.4, -0.2) is 22.8 Å². The molecular weight excluding hydrogens is 348 g/mol. The summed E-state index contributed by atoms with van der Waals surface area (Å²) in [5.41, 5.74) is 2.75. The van der Waals surface area contributed by atoms with Crippen LogP contribution in [0.1, 0.15) is 40.1 Å². The first kappa shape index (κ1) is 19.4. The number of amides is 2. The Morgan fingerprint density at radius 3 is 2.07 bits per heavy atom. The Bertz CT molecular complexity index is 937. The summed E-state index contributed by atoms with van der Waals surface area (Å²) in [4.78, 5) is 27.5. The molecule has 0 saturated carbocycles. The van der Waals surface area contributed by atoms with Crippen molar-refractivity contribution in [2.75, 3.05) is 5.32 Å². The Morgan fingerprint density at radius 1 is 0.821 bits per heavy atom. The highest BCUT2D eigenvalue weighted by Gasteiger charge is 2.20. The lowest BCUT2D eigenvalue weighted by Crippen LogP contribution is -2.36. The second-order valence-corrected chi connectivity index (χ2v) is 6.91. The first-order valence-electron chi connectivity index (χ1n) is 9.36. The fourth-order valence-corrected chi connectivity index (χ4v) is 2.95. The summed E-state index contributed by atoms with van der Waals surface area (Å²) in [5.74, 6) is -0.326. The summed E-state index contributed by atoms with van der Waals surface area (Å²) >= 11 is 0. The van der Waals surface area contributed by atoms with Gasteiger partial charge in [0.25, 0.3) is 11.8 Å². The van der Waals surface area contributed by atoms with Crippen molar-refractivity contribution in [3.8, 4) is 0 Å². The molecule has 0 bridgehead atoms. The molecule has 1 N–H and O–H groups in total. The molecule has 3 aromatic carbocycles. The molecule has 0 unspecified atom stereocenters. The molecule has 0 fully saturated rings. The smallest absolute Gasteiger partial charge is 0.255 e. The SMILES string of the molecule is CC(C)N(Cc1ccccc1)C(=O)c1cccc(C(=O)Nc2ccccc2)c1. The number of para-hydroxylation sites is 1. The van der Waals surface area contributed by atoms with Gasteiger partial charge in [-0.2, -0.15) is 0 Å². The van der Waals surface area contributed by atoms with E-state index in [0.29, 0.717) is 17.7 Å². The lowest BCUT2D eigenvalue weighted by molar-refractivity contribution is 0.0690. The van der Waals surface area contributed by atoms with Crippen LogP contribution in [0.15, 0.2) is 84.9 Å². The largest absolute Gasteiger partial charge is 0.332 e. The lowest BCUT2D eigenvalue weighted by Gasteiger charge is -2.27. The number of carbonyl (C=O) groups excluding carboxylic acids is 2. The first-order chi connectivity index (χ1) is 13.5. The number of nitrogens with one attached hydrogen (secondary N) is 1. The fourth-order valence-electron chi connectivity index (χ4n) is 2.95. The van der Waals surface area contributed by atoms with E-state index in [1.807, 2.05) is 79.4 Å². The normalized spacial score (nSPS) is 10.5. The molecule has 142 valence electrons. The van der Waals surface area contributed by atoms with Crippen LogP contribution in [0.3, 0.4) is 0 Å². The van der Waals surface area contributed by atoms with Gasteiger partial charge in [0, 0.05) is 29.4 Å². The predicted molar refractivity (Wildman–Crippen MR) is 112 cm³/mol. The number of hydrogen-bond donors (Lipinski definition) is 1.